The molecule has 0 fully saturated rings. The van der Waals surface area contributed by atoms with Gasteiger partial charge in [0.1, 0.15) is 0 Å². The average Bonchev–Trinajstić information content (AvgIpc) is 3.01. The van der Waals surface area contributed by atoms with Crippen molar-refractivity contribution in [1.29, 1.82) is 0 Å². The summed E-state index contributed by atoms with van der Waals surface area (Å²) >= 11 is 1.56. The van der Waals surface area contributed by atoms with Gasteiger partial charge in [0.2, 0.25) is 5.91 Å². The summed E-state index contributed by atoms with van der Waals surface area (Å²) in [6.45, 7) is 3.19. The van der Waals surface area contributed by atoms with E-state index >= 15 is 0 Å². The molecule has 0 spiro atoms. The van der Waals surface area contributed by atoms with E-state index in [1.165, 1.54) is 11.1 Å². The van der Waals surface area contributed by atoms with Crippen molar-refractivity contribution >= 4 is 17.7 Å². The number of nitrogens with zero attached hydrogens (tertiary/aromatic N) is 3. The molecule has 0 N–H and O–H groups in total. The van der Waals surface area contributed by atoms with Gasteiger partial charge in [-0.2, -0.15) is 0 Å². The van der Waals surface area contributed by atoms with Crippen LogP contribution in [0, 0.1) is 6.92 Å². The van der Waals surface area contributed by atoms with Gasteiger partial charge in [-0.15, -0.1) is 0 Å². The van der Waals surface area contributed by atoms with Crippen LogP contribution < -0.4 is 5.56 Å². The van der Waals surface area contributed by atoms with E-state index in [1.807, 2.05) is 17.0 Å². The minimum atomic E-state index is -0.0884. The summed E-state index contributed by atoms with van der Waals surface area (Å²) in [6, 6.07) is 8.20. The fraction of sp³-hybridized carbons (Fsp3) is 0.389. The van der Waals surface area contributed by atoms with Crippen molar-refractivity contribution < 1.29 is 4.79 Å². The summed E-state index contributed by atoms with van der Waals surface area (Å²) < 4.78 is 1.70. The van der Waals surface area contributed by atoms with Crippen molar-refractivity contribution in [2.24, 2.45) is 0 Å². The number of hydrogen-bond acceptors (Lipinski definition) is 4. The fourth-order valence-electron chi connectivity index (χ4n) is 3.41. The lowest BCUT2D eigenvalue weighted by Gasteiger charge is -2.29. The molecule has 2 aromatic rings. The lowest BCUT2D eigenvalue weighted by molar-refractivity contribution is -0.132. The van der Waals surface area contributed by atoms with E-state index in [1.54, 1.807) is 29.4 Å². The average molecular weight is 341 g/mol. The van der Waals surface area contributed by atoms with Gasteiger partial charge in [-0.05, 0) is 24.5 Å². The van der Waals surface area contributed by atoms with E-state index in [4.69, 9.17) is 0 Å². The first-order chi connectivity index (χ1) is 11.6. The molecule has 0 saturated carbocycles. The number of amides is 1. The van der Waals surface area contributed by atoms with Crippen LogP contribution in [0.4, 0.5) is 0 Å². The summed E-state index contributed by atoms with van der Waals surface area (Å²) in [5, 5.41) is 0.729. The highest BCUT2D eigenvalue weighted by atomic mass is 32.2. The molecule has 0 radical (unpaired) electrons. The van der Waals surface area contributed by atoms with Gasteiger partial charge in [-0.25, -0.2) is 4.98 Å². The van der Waals surface area contributed by atoms with Crippen molar-refractivity contribution in [3.05, 3.63) is 57.5 Å². The van der Waals surface area contributed by atoms with Crippen molar-refractivity contribution in [2.45, 2.75) is 37.5 Å². The monoisotopic (exact) mass is 341 g/mol. The van der Waals surface area contributed by atoms with Crippen molar-refractivity contribution in [1.82, 2.24) is 14.5 Å². The molecular weight excluding hydrogens is 322 g/mol. The van der Waals surface area contributed by atoms with Gasteiger partial charge in [0.05, 0.1) is 6.04 Å². The Bertz CT molecular complexity index is 862. The van der Waals surface area contributed by atoms with Crippen molar-refractivity contribution in [3.8, 4) is 0 Å². The number of aryl methyl sites for hydroxylation is 1. The Kier molecular flexibility index (Phi) is 3.92. The quantitative estimate of drug-likeness (QED) is 0.786. The molecule has 0 saturated heterocycles. The molecule has 24 heavy (non-hydrogen) atoms. The van der Waals surface area contributed by atoms with Crippen LogP contribution in [0.25, 0.3) is 0 Å². The van der Waals surface area contributed by atoms with Crippen LogP contribution in [-0.2, 0) is 17.8 Å². The Morgan fingerprint density at radius 1 is 1.33 bits per heavy atom. The van der Waals surface area contributed by atoms with E-state index in [0.29, 0.717) is 18.5 Å². The predicted molar refractivity (Wildman–Crippen MR) is 93.2 cm³/mol. The molecule has 0 aliphatic carbocycles. The highest BCUT2D eigenvalue weighted by Gasteiger charge is 2.30. The first-order valence-corrected chi connectivity index (χ1v) is 9.17. The first-order valence-electron chi connectivity index (χ1n) is 8.19. The summed E-state index contributed by atoms with van der Waals surface area (Å²) in [7, 11) is 0. The van der Waals surface area contributed by atoms with Crippen LogP contribution in [0.2, 0.25) is 0 Å². The largest absolute Gasteiger partial charge is 0.338 e. The first kappa shape index (κ1) is 15.4. The highest BCUT2D eigenvalue weighted by molar-refractivity contribution is 7.99. The van der Waals surface area contributed by atoms with Crippen LogP contribution in [0.1, 0.15) is 29.2 Å². The SMILES string of the molecule is Cc1cnc2n(c1=O)C(CC(=O)N1CCc3ccccc3C1)CS2. The van der Waals surface area contributed by atoms with Gasteiger partial charge < -0.3 is 4.90 Å². The molecule has 1 unspecified atom stereocenters. The molecule has 1 atom stereocenters. The Labute approximate surface area is 144 Å². The number of carbonyl (C=O) groups is 1. The van der Waals surface area contributed by atoms with Crippen LogP contribution >= 0.6 is 11.8 Å². The summed E-state index contributed by atoms with van der Waals surface area (Å²) in [5.74, 6) is 0.860. The predicted octanol–water partition coefficient (Wildman–Crippen LogP) is 2.17. The number of aromatic nitrogens is 2. The number of hydrogen-bond donors (Lipinski definition) is 0. The summed E-state index contributed by atoms with van der Waals surface area (Å²) in [6.07, 6.45) is 2.89. The highest BCUT2D eigenvalue weighted by Crippen LogP contribution is 2.32. The number of thioether (sulfide) groups is 1. The Morgan fingerprint density at radius 2 is 2.12 bits per heavy atom. The third-order valence-electron chi connectivity index (χ3n) is 4.79. The number of carbonyl (C=O) groups excluding carboxylic acids is 1. The molecule has 3 heterocycles. The zero-order chi connectivity index (χ0) is 16.7. The van der Waals surface area contributed by atoms with Crippen LogP contribution in [0.5, 0.6) is 0 Å². The Balaban J connectivity index is 1.51. The Hall–Kier alpha value is -2.08. The lowest BCUT2D eigenvalue weighted by Crippen LogP contribution is -2.38. The zero-order valence-electron chi connectivity index (χ0n) is 13.6. The maximum Gasteiger partial charge on any atom is 0.257 e. The zero-order valence-corrected chi connectivity index (χ0v) is 14.4. The van der Waals surface area contributed by atoms with Gasteiger partial charge in [-0.1, -0.05) is 36.0 Å². The van der Waals surface area contributed by atoms with E-state index in [-0.39, 0.29) is 17.5 Å². The summed E-state index contributed by atoms with van der Waals surface area (Å²) in [5.41, 5.74) is 3.17. The van der Waals surface area contributed by atoms with Gasteiger partial charge in [0, 0.05) is 37.0 Å². The minimum Gasteiger partial charge on any atom is -0.338 e. The van der Waals surface area contributed by atoms with Crippen LogP contribution in [0.3, 0.4) is 0 Å². The second kappa shape index (κ2) is 6.09. The molecule has 6 heteroatoms. The smallest absolute Gasteiger partial charge is 0.257 e. The second-order valence-electron chi connectivity index (χ2n) is 6.40. The molecule has 2 aliphatic rings. The molecule has 4 rings (SSSR count). The van der Waals surface area contributed by atoms with Gasteiger partial charge in [-0.3, -0.25) is 14.2 Å². The van der Waals surface area contributed by atoms with E-state index in [2.05, 4.69) is 17.1 Å². The van der Waals surface area contributed by atoms with Gasteiger partial charge >= 0.3 is 0 Å². The van der Waals surface area contributed by atoms with Gasteiger partial charge in [0.25, 0.3) is 5.56 Å². The van der Waals surface area contributed by atoms with E-state index in [0.717, 1.165) is 23.9 Å². The van der Waals surface area contributed by atoms with Gasteiger partial charge in [0.15, 0.2) is 5.16 Å². The third kappa shape index (κ3) is 2.65. The number of rotatable bonds is 2. The molecule has 124 valence electrons. The van der Waals surface area contributed by atoms with Crippen molar-refractivity contribution in [3.63, 3.8) is 0 Å². The fourth-order valence-corrected chi connectivity index (χ4v) is 4.52. The maximum atomic E-state index is 12.8. The molecule has 0 bridgehead atoms. The van der Waals surface area contributed by atoms with Crippen LogP contribution in [-0.4, -0.2) is 32.7 Å². The third-order valence-corrected chi connectivity index (χ3v) is 5.91. The normalized spacial score (nSPS) is 19.0. The van der Waals surface area contributed by atoms with E-state index < -0.39 is 0 Å². The molecular formula is C18H19N3O2S. The molecule has 2 aliphatic heterocycles. The molecule has 5 nitrogen and oxygen atoms in total. The Morgan fingerprint density at radius 3 is 2.96 bits per heavy atom. The standard InChI is InChI=1S/C18H19N3O2S/c1-12-9-19-18-21(17(12)23)15(11-24-18)8-16(22)20-7-6-13-4-2-3-5-14(13)10-20/h2-5,9,15H,6-8,10-11H2,1H3. The minimum absolute atomic E-state index is 0.0215. The number of fused-ring (bicyclic) bond motifs is 2. The lowest BCUT2D eigenvalue weighted by atomic mass is 9.99. The van der Waals surface area contributed by atoms with Crippen LogP contribution in [0.15, 0.2) is 40.4 Å². The topological polar surface area (TPSA) is 55.2 Å². The molecule has 1 amide bonds. The second-order valence-corrected chi connectivity index (χ2v) is 7.39. The van der Waals surface area contributed by atoms with E-state index in [9.17, 15) is 9.59 Å². The summed E-state index contributed by atoms with van der Waals surface area (Å²) in [4.78, 5) is 31.4. The number of benzene rings is 1. The maximum absolute atomic E-state index is 12.8. The van der Waals surface area contributed by atoms with Crippen molar-refractivity contribution in [2.75, 3.05) is 12.3 Å². The molecule has 1 aromatic carbocycles. The molecule has 1 aromatic heterocycles.